The minimum absolute atomic E-state index is 0.0869. The number of halogens is 2. The molecule has 70 valence electrons. The molecule has 2 aliphatic heterocycles. The highest BCUT2D eigenvalue weighted by molar-refractivity contribution is 4.84. The van der Waals surface area contributed by atoms with E-state index in [9.17, 15) is 8.78 Å². The summed E-state index contributed by atoms with van der Waals surface area (Å²) < 4.78 is 29.4. The highest BCUT2D eigenvalue weighted by Gasteiger charge is 2.34. The van der Waals surface area contributed by atoms with Crippen LogP contribution in [-0.4, -0.2) is 43.7 Å². The standard InChI is InChI=1S/C8H13F2NO/c9-8(10)4-11-2-6-1-7(3-11)12-5-6/h6-8H,1-5H2. The van der Waals surface area contributed by atoms with Crippen molar-refractivity contribution in [3.05, 3.63) is 0 Å². The zero-order valence-corrected chi connectivity index (χ0v) is 6.88. The van der Waals surface area contributed by atoms with Gasteiger partial charge in [0.25, 0.3) is 6.43 Å². The highest BCUT2D eigenvalue weighted by atomic mass is 19.3. The molecule has 2 aliphatic rings. The molecule has 4 heteroatoms. The SMILES string of the molecule is FC(F)CN1CC2COC(C2)C1. The minimum Gasteiger partial charge on any atom is -0.377 e. The van der Waals surface area contributed by atoms with Gasteiger partial charge in [-0.1, -0.05) is 0 Å². The van der Waals surface area contributed by atoms with E-state index in [2.05, 4.69) is 0 Å². The molecule has 2 unspecified atom stereocenters. The number of hydrogen-bond donors (Lipinski definition) is 0. The van der Waals surface area contributed by atoms with Crippen LogP contribution in [0.2, 0.25) is 0 Å². The van der Waals surface area contributed by atoms with Gasteiger partial charge >= 0.3 is 0 Å². The molecule has 2 heterocycles. The Bertz CT molecular complexity index is 153. The van der Waals surface area contributed by atoms with E-state index >= 15 is 0 Å². The molecule has 0 saturated carbocycles. The van der Waals surface area contributed by atoms with Crippen LogP contribution in [-0.2, 0) is 4.74 Å². The summed E-state index contributed by atoms with van der Waals surface area (Å²) in [4.78, 5) is 1.82. The van der Waals surface area contributed by atoms with Gasteiger partial charge in [0.1, 0.15) is 0 Å². The van der Waals surface area contributed by atoms with Crippen molar-refractivity contribution in [2.24, 2.45) is 5.92 Å². The first kappa shape index (κ1) is 8.38. The summed E-state index contributed by atoms with van der Waals surface area (Å²) in [5.41, 5.74) is 0. The van der Waals surface area contributed by atoms with Crippen LogP contribution in [0.1, 0.15) is 6.42 Å². The number of alkyl halides is 2. The lowest BCUT2D eigenvalue weighted by Crippen LogP contribution is -2.41. The van der Waals surface area contributed by atoms with Gasteiger partial charge in [0.15, 0.2) is 0 Å². The van der Waals surface area contributed by atoms with E-state index < -0.39 is 6.43 Å². The van der Waals surface area contributed by atoms with Gasteiger partial charge in [-0.2, -0.15) is 0 Å². The van der Waals surface area contributed by atoms with E-state index in [0.29, 0.717) is 12.5 Å². The van der Waals surface area contributed by atoms with Crippen LogP contribution in [0.15, 0.2) is 0 Å². The smallest absolute Gasteiger partial charge is 0.251 e. The number of rotatable bonds is 2. The van der Waals surface area contributed by atoms with E-state index in [1.807, 2.05) is 4.90 Å². The summed E-state index contributed by atoms with van der Waals surface area (Å²) in [6.07, 6.45) is -0.912. The first-order valence-electron chi connectivity index (χ1n) is 4.36. The minimum atomic E-state index is -2.21. The fourth-order valence-corrected chi connectivity index (χ4v) is 2.11. The predicted octanol–water partition coefficient (Wildman–Crippen LogP) is 0.972. The molecule has 2 saturated heterocycles. The summed E-state index contributed by atoms with van der Waals surface area (Å²) in [5, 5.41) is 0. The summed E-state index contributed by atoms with van der Waals surface area (Å²) in [6, 6.07) is 0. The quantitative estimate of drug-likeness (QED) is 0.623. The molecule has 2 rings (SSSR count). The number of nitrogens with zero attached hydrogens (tertiary/aromatic N) is 1. The molecule has 0 aromatic heterocycles. The van der Waals surface area contributed by atoms with Crippen molar-refractivity contribution in [3.63, 3.8) is 0 Å². The number of likely N-dealkylation sites (tertiary alicyclic amines) is 1. The van der Waals surface area contributed by atoms with Gasteiger partial charge in [-0.05, 0) is 12.3 Å². The zero-order valence-electron chi connectivity index (χ0n) is 6.88. The summed E-state index contributed by atoms with van der Waals surface area (Å²) in [7, 11) is 0. The van der Waals surface area contributed by atoms with Crippen molar-refractivity contribution in [3.8, 4) is 0 Å². The predicted molar refractivity (Wildman–Crippen MR) is 40.3 cm³/mol. The van der Waals surface area contributed by atoms with E-state index in [1.165, 1.54) is 0 Å². The Morgan fingerprint density at radius 3 is 2.92 bits per heavy atom. The summed E-state index contributed by atoms with van der Waals surface area (Å²) >= 11 is 0. The van der Waals surface area contributed by atoms with Crippen molar-refractivity contribution in [1.29, 1.82) is 0 Å². The highest BCUT2D eigenvalue weighted by Crippen LogP contribution is 2.26. The number of hydrogen-bond acceptors (Lipinski definition) is 2. The van der Waals surface area contributed by atoms with E-state index in [0.717, 1.165) is 19.6 Å². The van der Waals surface area contributed by atoms with E-state index in [4.69, 9.17) is 4.74 Å². The molecule has 2 atom stereocenters. The molecule has 0 N–H and O–H groups in total. The van der Waals surface area contributed by atoms with Gasteiger partial charge in [-0.25, -0.2) is 8.78 Å². The average molecular weight is 177 g/mol. The van der Waals surface area contributed by atoms with Gasteiger partial charge in [0.2, 0.25) is 0 Å². The molecule has 0 radical (unpaired) electrons. The third-order valence-electron chi connectivity index (χ3n) is 2.54. The summed E-state index contributed by atoms with van der Waals surface area (Å²) in [6.45, 7) is 2.17. The first-order chi connectivity index (χ1) is 5.74. The molecule has 0 aromatic carbocycles. The number of ether oxygens (including phenoxy) is 1. The Hall–Kier alpha value is -0.220. The molecule has 2 fully saturated rings. The zero-order chi connectivity index (χ0) is 8.55. The maximum absolute atomic E-state index is 12.0. The van der Waals surface area contributed by atoms with Crippen molar-refractivity contribution in [1.82, 2.24) is 4.90 Å². The lowest BCUT2D eigenvalue weighted by atomic mass is 10.0. The second kappa shape index (κ2) is 3.26. The molecular formula is C8H13F2NO. The van der Waals surface area contributed by atoms with Gasteiger partial charge in [-0.15, -0.1) is 0 Å². The monoisotopic (exact) mass is 177 g/mol. The molecule has 0 amide bonds. The Labute approximate surface area is 70.5 Å². The first-order valence-corrected chi connectivity index (χ1v) is 4.36. The van der Waals surface area contributed by atoms with Crippen LogP contribution in [0.25, 0.3) is 0 Å². The van der Waals surface area contributed by atoms with Gasteiger partial charge < -0.3 is 4.74 Å². The molecule has 0 aromatic rings. The number of piperidine rings is 1. The Kier molecular flexibility index (Phi) is 2.28. The Morgan fingerprint density at radius 2 is 2.25 bits per heavy atom. The maximum atomic E-state index is 12.0. The molecule has 0 spiro atoms. The fraction of sp³-hybridized carbons (Fsp3) is 1.00. The topological polar surface area (TPSA) is 12.5 Å². The fourth-order valence-electron chi connectivity index (χ4n) is 2.11. The third-order valence-corrected chi connectivity index (χ3v) is 2.54. The normalized spacial score (nSPS) is 36.2. The molecule has 2 bridgehead atoms. The molecule has 0 aliphatic carbocycles. The van der Waals surface area contributed by atoms with Crippen LogP contribution in [0, 0.1) is 5.92 Å². The molecule has 2 nitrogen and oxygen atoms in total. The molecular weight excluding hydrogens is 164 g/mol. The second-order valence-corrected chi connectivity index (χ2v) is 3.67. The van der Waals surface area contributed by atoms with Crippen LogP contribution >= 0.6 is 0 Å². The largest absolute Gasteiger partial charge is 0.377 e. The van der Waals surface area contributed by atoms with Gasteiger partial charge in [0, 0.05) is 13.1 Å². The van der Waals surface area contributed by atoms with E-state index in [-0.39, 0.29) is 12.6 Å². The lowest BCUT2D eigenvalue weighted by Gasteiger charge is -2.29. The molecule has 12 heavy (non-hydrogen) atoms. The number of fused-ring (bicyclic) bond motifs is 2. The van der Waals surface area contributed by atoms with Gasteiger partial charge in [-0.3, -0.25) is 4.90 Å². The maximum Gasteiger partial charge on any atom is 0.251 e. The van der Waals surface area contributed by atoms with Crippen LogP contribution in [0.3, 0.4) is 0 Å². The van der Waals surface area contributed by atoms with Crippen molar-refractivity contribution in [2.75, 3.05) is 26.2 Å². The van der Waals surface area contributed by atoms with Crippen LogP contribution < -0.4 is 0 Å². The lowest BCUT2D eigenvalue weighted by molar-refractivity contribution is 0.0444. The van der Waals surface area contributed by atoms with Crippen molar-refractivity contribution < 1.29 is 13.5 Å². The van der Waals surface area contributed by atoms with Crippen molar-refractivity contribution >= 4 is 0 Å². The van der Waals surface area contributed by atoms with Gasteiger partial charge in [0.05, 0.1) is 19.3 Å². The average Bonchev–Trinajstić information content (AvgIpc) is 2.29. The Balaban J connectivity index is 1.85. The van der Waals surface area contributed by atoms with E-state index in [1.54, 1.807) is 0 Å². The van der Waals surface area contributed by atoms with Crippen LogP contribution in [0.4, 0.5) is 8.78 Å². The third kappa shape index (κ3) is 1.75. The Morgan fingerprint density at radius 1 is 1.42 bits per heavy atom. The summed E-state index contributed by atoms with van der Waals surface area (Å²) in [5.74, 6) is 0.502. The van der Waals surface area contributed by atoms with Crippen molar-refractivity contribution in [2.45, 2.75) is 19.0 Å². The van der Waals surface area contributed by atoms with Crippen LogP contribution in [0.5, 0.6) is 0 Å². The second-order valence-electron chi connectivity index (χ2n) is 3.67.